The number of hydrogen-bond acceptors (Lipinski definition) is 1. The molecule has 0 radical (unpaired) electrons. The van der Waals surface area contributed by atoms with E-state index in [1.54, 1.807) is 6.20 Å². The number of nitrogens with zero attached hydrogens (tertiary/aromatic N) is 2. The maximum absolute atomic E-state index is 6.00. The molecular weight excluding hydrogens is 222 g/mol. The third kappa shape index (κ3) is 1.59. The zero-order chi connectivity index (χ0) is 11.0. The number of aromatic nitrogens is 3. The maximum atomic E-state index is 6.00. The molecule has 0 fully saturated rings. The lowest BCUT2D eigenvalue weighted by Crippen LogP contribution is -1.94. The van der Waals surface area contributed by atoms with E-state index in [0.29, 0.717) is 0 Å². The third-order valence-corrected chi connectivity index (χ3v) is 2.88. The zero-order valence-corrected chi connectivity index (χ0v) is 9.28. The summed E-state index contributed by atoms with van der Waals surface area (Å²) in [5.74, 6) is 0. The summed E-state index contributed by atoms with van der Waals surface area (Å²) in [6, 6.07) is 5.87. The normalized spacial score (nSPS) is 11.1. The van der Waals surface area contributed by atoms with Crippen molar-refractivity contribution in [3.8, 4) is 0 Å². The Morgan fingerprint density at radius 3 is 3.12 bits per heavy atom. The van der Waals surface area contributed by atoms with Crippen LogP contribution in [0.1, 0.15) is 5.56 Å². The minimum atomic E-state index is 0.763. The lowest BCUT2D eigenvalue weighted by atomic mass is 10.2. The van der Waals surface area contributed by atoms with Gasteiger partial charge in [-0.25, -0.2) is 4.98 Å². The predicted molar refractivity (Wildman–Crippen MR) is 64.6 cm³/mol. The van der Waals surface area contributed by atoms with E-state index in [1.165, 1.54) is 10.9 Å². The van der Waals surface area contributed by atoms with Gasteiger partial charge in [-0.05, 0) is 23.8 Å². The highest BCUT2D eigenvalue weighted by Gasteiger charge is 2.04. The minimum absolute atomic E-state index is 0.763. The van der Waals surface area contributed by atoms with Gasteiger partial charge in [0.05, 0.1) is 12.9 Å². The summed E-state index contributed by atoms with van der Waals surface area (Å²) in [6.07, 6.45) is 7.55. The molecule has 0 saturated carbocycles. The first kappa shape index (κ1) is 9.48. The Balaban J connectivity index is 2.07. The molecule has 1 aromatic carbocycles. The van der Waals surface area contributed by atoms with Gasteiger partial charge in [-0.15, -0.1) is 0 Å². The quantitative estimate of drug-likeness (QED) is 0.723. The van der Waals surface area contributed by atoms with Gasteiger partial charge in [-0.3, -0.25) is 0 Å². The second kappa shape index (κ2) is 3.68. The molecule has 0 aliphatic carbocycles. The highest BCUT2D eigenvalue weighted by molar-refractivity contribution is 6.31. The number of benzene rings is 1. The molecule has 3 rings (SSSR count). The number of hydrogen-bond donors (Lipinski definition) is 1. The molecule has 0 amide bonds. The Morgan fingerprint density at radius 1 is 1.38 bits per heavy atom. The van der Waals surface area contributed by atoms with Crippen molar-refractivity contribution in [3.63, 3.8) is 0 Å². The fourth-order valence-electron chi connectivity index (χ4n) is 1.86. The Kier molecular flexibility index (Phi) is 2.18. The van der Waals surface area contributed by atoms with Gasteiger partial charge in [0, 0.05) is 34.5 Å². The molecule has 1 N–H and O–H groups in total. The molecule has 2 aromatic heterocycles. The zero-order valence-electron chi connectivity index (χ0n) is 8.52. The molecule has 4 heteroatoms. The van der Waals surface area contributed by atoms with Crippen molar-refractivity contribution in [2.45, 2.75) is 6.54 Å². The van der Waals surface area contributed by atoms with E-state index < -0.39 is 0 Å². The molecule has 0 aliphatic heterocycles. The van der Waals surface area contributed by atoms with Crippen LogP contribution in [0.25, 0.3) is 10.9 Å². The van der Waals surface area contributed by atoms with E-state index in [-0.39, 0.29) is 0 Å². The standard InChI is InChI=1S/C12H10ClN3/c13-10-1-2-12-11(5-10)9(6-15-12)7-16-4-3-14-8-16/h1-6,8,15H,7H2. The minimum Gasteiger partial charge on any atom is -0.361 e. The summed E-state index contributed by atoms with van der Waals surface area (Å²) in [4.78, 5) is 7.26. The van der Waals surface area contributed by atoms with Crippen LogP contribution < -0.4 is 0 Å². The van der Waals surface area contributed by atoms with Gasteiger partial charge in [0.2, 0.25) is 0 Å². The van der Waals surface area contributed by atoms with Crippen molar-refractivity contribution < 1.29 is 0 Å². The average molecular weight is 232 g/mol. The Hall–Kier alpha value is -1.74. The summed E-state index contributed by atoms with van der Waals surface area (Å²) in [6.45, 7) is 0.806. The summed E-state index contributed by atoms with van der Waals surface area (Å²) < 4.78 is 2.03. The number of H-pyrrole nitrogens is 1. The van der Waals surface area contributed by atoms with Crippen LogP contribution in [0, 0.1) is 0 Å². The molecule has 0 atom stereocenters. The Labute approximate surface area is 97.7 Å². The van der Waals surface area contributed by atoms with E-state index in [0.717, 1.165) is 17.1 Å². The number of fused-ring (bicyclic) bond motifs is 1. The molecule has 16 heavy (non-hydrogen) atoms. The number of imidazole rings is 1. The molecular formula is C12H10ClN3. The molecule has 0 spiro atoms. The van der Waals surface area contributed by atoms with Crippen LogP contribution in [0.2, 0.25) is 5.02 Å². The fraction of sp³-hybridized carbons (Fsp3) is 0.0833. The first-order valence-corrected chi connectivity index (χ1v) is 5.42. The molecule has 0 bridgehead atoms. The van der Waals surface area contributed by atoms with Gasteiger partial charge in [-0.1, -0.05) is 11.6 Å². The lowest BCUT2D eigenvalue weighted by molar-refractivity contribution is 0.802. The summed E-state index contributed by atoms with van der Waals surface area (Å²) in [5, 5.41) is 1.93. The smallest absolute Gasteiger partial charge is 0.0949 e. The van der Waals surface area contributed by atoms with Crippen molar-refractivity contribution in [1.29, 1.82) is 0 Å². The first-order valence-electron chi connectivity index (χ1n) is 5.04. The number of halogens is 1. The van der Waals surface area contributed by atoms with Crippen molar-refractivity contribution in [2.24, 2.45) is 0 Å². The SMILES string of the molecule is Clc1ccc2[nH]cc(Cn3ccnc3)c2c1. The number of nitrogens with one attached hydrogen (secondary N) is 1. The highest BCUT2D eigenvalue weighted by atomic mass is 35.5. The second-order valence-corrected chi connectivity index (χ2v) is 4.18. The number of aromatic amines is 1. The van der Waals surface area contributed by atoms with Crippen LogP contribution in [-0.4, -0.2) is 14.5 Å². The molecule has 3 nitrogen and oxygen atoms in total. The van der Waals surface area contributed by atoms with Crippen LogP contribution in [0.3, 0.4) is 0 Å². The van der Waals surface area contributed by atoms with Gasteiger partial charge in [-0.2, -0.15) is 0 Å². The van der Waals surface area contributed by atoms with Crippen LogP contribution in [0.4, 0.5) is 0 Å². The predicted octanol–water partition coefficient (Wildman–Crippen LogP) is 3.07. The molecule has 0 saturated heterocycles. The summed E-state index contributed by atoms with van der Waals surface area (Å²) >= 11 is 6.00. The molecule has 0 aliphatic rings. The van der Waals surface area contributed by atoms with Crippen LogP contribution in [-0.2, 0) is 6.54 Å². The van der Waals surface area contributed by atoms with Gasteiger partial charge < -0.3 is 9.55 Å². The molecule has 3 aromatic rings. The van der Waals surface area contributed by atoms with Gasteiger partial charge in [0.25, 0.3) is 0 Å². The van der Waals surface area contributed by atoms with Gasteiger partial charge >= 0.3 is 0 Å². The monoisotopic (exact) mass is 231 g/mol. The summed E-state index contributed by atoms with van der Waals surface area (Å²) in [7, 11) is 0. The van der Waals surface area contributed by atoms with Crippen molar-refractivity contribution in [1.82, 2.24) is 14.5 Å². The van der Waals surface area contributed by atoms with Crippen molar-refractivity contribution >= 4 is 22.5 Å². The van der Waals surface area contributed by atoms with E-state index >= 15 is 0 Å². The van der Waals surface area contributed by atoms with E-state index in [2.05, 4.69) is 9.97 Å². The lowest BCUT2D eigenvalue weighted by Gasteiger charge is -2.00. The highest BCUT2D eigenvalue weighted by Crippen LogP contribution is 2.22. The largest absolute Gasteiger partial charge is 0.361 e. The second-order valence-electron chi connectivity index (χ2n) is 3.74. The molecule has 2 heterocycles. The molecule has 0 unspecified atom stereocenters. The Morgan fingerprint density at radius 2 is 2.31 bits per heavy atom. The third-order valence-electron chi connectivity index (χ3n) is 2.64. The van der Waals surface area contributed by atoms with Gasteiger partial charge in [0.15, 0.2) is 0 Å². The van der Waals surface area contributed by atoms with Crippen LogP contribution >= 0.6 is 11.6 Å². The van der Waals surface area contributed by atoms with E-state index in [9.17, 15) is 0 Å². The maximum Gasteiger partial charge on any atom is 0.0949 e. The van der Waals surface area contributed by atoms with Crippen LogP contribution in [0.5, 0.6) is 0 Å². The van der Waals surface area contributed by atoms with Crippen LogP contribution in [0.15, 0.2) is 43.1 Å². The average Bonchev–Trinajstić information content (AvgIpc) is 2.90. The van der Waals surface area contributed by atoms with E-state index in [1.807, 2.05) is 41.5 Å². The number of rotatable bonds is 2. The van der Waals surface area contributed by atoms with E-state index in [4.69, 9.17) is 11.6 Å². The topological polar surface area (TPSA) is 33.6 Å². The van der Waals surface area contributed by atoms with Gasteiger partial charge in [0.1, 0.15) is 0 Å². The summed E-state index contributed by atoms with van der Waals surface area (Å²) in [5.41, 5.74) is 2.33. The molecule has 80 valence electrons. The fourth-order valence-corrected chi connectivity index (χ4v) is 2.03. The van der Waals surface area contributed by atoms with Crippen molar-refractivity contribution in [2.75, 3.05) is 0 Å². The first-order chi connectivity index (χ1) is 7.83. The Bertz CT molecular complexity index is 610. The van der Waals surface area contributed by atoms with Crippen molar-refractivity contribution in [3.05, 3.63) is 53.7 Å².